The van der Waals surface area contributed by atoms with Gasteiger partial charge in [-0.2, -0.15) is 0 Å². The normalized spacial score (nSPS) is 10.8. The van der Waals surface area contributed by atoms with Crippen LogP contribution in [0.4, 0.5) is 17.3 Å². The molecule has 2 N–H and O–H groups in total. The lowest BCUT2D eigenvalue weighted by Crippen LogP contribution is -2.06. The van der Waals surface area contributed by atoms with Gasteiger partial charge in [0.1, 0.15) is 0 Å². The van der Waals surface area contributed by atoms with E-state index in [1.54, 1.807) is 17.5 Å². The molecule has 1 amide bonds. The van der Waals surface area contributed by atoms with E-state index in [-0.39, 0.29) is 5.91 Å². The van der Waals surface area contributed by atoms with Crippen LogP contribution in [0.2, 0.25) is 0 Å². The molecule has 1 aromatic carbocycles. The number of aromatic nitrogens is 3. The van der Waals surface area contributed by atoms with Gasteiger partial charge in [0, 0.05) is 30.4 Å². The molecule has 0 bridgehead atoms. The average Bonchev–Trinajstić information content (AvgIpc) is 2.97. The summed E-state index contributed by atoms with van der Waals surface area (Å²) < 4.78 is 0. The van der Waals surface area contributed by atoms with Gasteiger partial charge >= 0.3 is 0 Å². The first-order valence-corrected chi connectivity index (χ1v) is 9.19. The minimum atomic E-state index is -0.109. The van der Waals surface area contributed by atoms with Gasteiger partial charge in [-0.1, -0.05) is 19.9 Å². The average molecular weight is 367 g/mol. The minimum absolute atomic E-state index is 0.109. The number of carbonyl (C=O) groups is 1. The summed E-state index contributed by atoms with van der Waals surface area (Å²) in [6.45, 7) is 7.76. The van der Waals surface area contributed by atoms with Crippen LogP contribution in [0.1, 0.15) is 37.4 Å². The molecule has 134 valence electrons. The minimum Gasteiger partial charge on any atom is -0.326 e. The fraction of sp³-hybridized carbons (Fsp3) is 0.263. The van der Waals surface area contributed by atoms with Crippen molar-refractivity contribution in [2.24, 2.45) is 0 Å². The molecule has 3 rings (SSSR count). The zero-order valence-electron chi connectivity index (χ0n) is 15.2. The second-order valence-corrected chi connectivity index (χ2v) is 7.30. The molecule has 2 aromatic heterocycles. The number of anilines is 3. The summed E-state index contributed by atoms with van der Waals surface area (Å²) >= 11 is 1.67. The van der Waals surface area contributed by atoms with Crippen molar-refractivity contribution in [3.63, 3.8) is 0 Å². The van der Waals surface area contributed by atoms with E-state index < -0.39 is 0 Å². The summed E-state index contributed by atoms with van der Waals surface area (Å²) in [5, 5.41) is 7.06. The first-order chi connectivity index (χ1) is 12.4. The quantitative estimate of drug-likeness (QED) is 0.681. The van der Waals surface area contributed by atoms with E-state index in [1.165, 1.54) is 6.92 Å². The number of benzene rings is 1. The lowest BCUT2D eigenvalue weighted by molar-refractivity contribution is -0.114. The number of hydrogen-bond acceptors (Lipinski definition) is 6. The molecule has 6 nitrogen and oxygen atoms in total. The van der Waals surface area contributed by atoms with Crippen molar-refractivity contribution in [2.75, 3.05) is 10.6 Å². The summed E-state index contributed by atoms with van der Waals surface area (Å²) in [5.74, 6) is 0.784. The van der Waals surface area contributed by atoms with Gasteiger partial charge in [-0.15, -0.1) is 11.3 Å². The summed E-state index contributed by atoms with van der Waals surface area (Å²) in [7, 11) is 0. The van der Waals surface area contributed by atoms with Gasteiger partial charge in [-0.05, 0) is 31.2 Å². The predicted molar refractivity (Wildman–Crippen MR) is 106 cm³/mol. The highest BCUT2D eigenvalue weighted by Crippen LogP contribution is 2.32. The molecule has 0 saturated heterocycles. The van der Waals surface area contributed by atoms with Gasteiger partial charge in [0.2, 0.25) is 11.9 Å². The van der Waals surface area contributed by atoms with E-state index in [0.29, 0.717) is 11.9 Å². The van der Waals surface area contributed by atoms with Crippen LogP contribution >= 0.6 is 11.3 Å². The Balaban J connectivity index is 1.85. The standard InChI is InChI=1S/C19H21N5OS/c1-11(2)18-21-12(3)17(26-18)16-8-9-20-19(24-16)23-15-7-5-6-14(10-15)22-13(4)25/h5-11H,1-4H3,(H,22,25)(H,20,23,24). The van der Waals surface area contributed by atoms with Crippen molar-refractivity contribution >= 4 is 34.6 Å². The van der Waals surface area contributed by atoms with Crippen LogP contribution in [-0.2, 0) is 4.79 Å². The summed E-state index contributed by atoms with van der Waals surface area (Å²) in [6.07, 6.45) is 1.73. The fourth-order valence-electron chi connectivity index (χ4n) is 2.45. The lowest BCUT2D eigenvalue weighted by atomic mass is 10.2. The Bertz CT molecular complexity index is 935. The van der Waals surface area contributed by atoms with E-state index in [0.717, 1.165) is 32.6 Å². The van der Waals surface area contributed by atoms with E-state index in [4.69, 9.17) is 0 Å². The molecular weight excluding hydrogens is 346 g/mol. The Morgan fingerprint density at radius 1 is 1.15 bits per heavy atom. The number of nitrogens with one attached hydrogen (secondary N) is 2. The zero-order chi connectivity index (χ0) is 18.7. The van der Waals surface area contributed by atoms with Gasteiger partial charge in [-0.25, -0.2) is 15.0 Å². The van der Waals surface area contributed by atoms with Crippen molar-refractivity contribution in [1.82, 2.24) is 15.0 Å². The number of carbonyl (C=O) groups excluding carboxylic acids is 1. The Morgan fingerprint density at radius 2 is 1.92 bits per heavy atom. The Labute approximate surface area is 156 Å². The van der Waals surface area contributed by atoms with Gasteiger partial charge in [0.25, 0.3) is 0 Å². The zero-order valence-corrected chi connectivity index (χ0v) is 16.0. The Morgan fingerprint density at radius 3 is 2.62 bits per heavy atom. The highest BCUT2D eigenvalue weighted by atomic mass is 32.1. The third-order valence-electron chi connectivity index (χ3n) is 3.63. The van der Waals surface area contributed by atoms with Gasteiger partial charge in [0.15, 0.2) is 0 Å². The number of amides is 1. The van der Waals surface area contributed by atoms with Crippen LogP contribution in [0.25, 0.3) is 10.6 Å². The molecule has 0 fully saturated rings. The monoisotopic (exact) mass is 367 g/mol. The molecule has 7 heteroatoms. The lowest BCUT2D eigenvalue weighted by Gasteiger charge is -2.08. The summed E-state index contributed by atoms with van der Waals surface area (Å²) in [6, 6.07) is 9.32. The second kappa shape index (κ2) is 7.61. The smallest absolute Gasteiger partial charge is 0.227 e. The molecule has 0 unspecified atom stereocenters. The third kappa shape index (κ3) is 4.23. The van der Waals surface area contributed by atoms with Crippen molar-refractivity contribution < 1.29 is 4.79 Å². The van der Waals surface area contributed by atoms with Crippen molar-refractivity contribution in [2.45, 2.75) is 33.6 Å². The van der Waals surface area contributed by atoms with E-state index in [2.05, 4.69) is 39.4 Å². The first kappa shape index (κ1) is 18.0. The van der Waals surface area contributed by atoms with Crippen LogP contribution in [0.5, 0.6) is 0 Å². The van der Waals surface area contributed by atoms with Crippen LogP contribution in [0.3, 0.4) is 0 Å². The number of aryl methyl sites for hydroxylation is 1. The molecule has 2 heterocycles. The molecule has 0 radical (unpaired) electrons. The highest BCUT2D eigenvalue weighted by molar-refractivity contribution is 7.15. The molecule has 0 aliphatic heterocycles. The third-order valence-corrected chi connectivity index (χ3v) is 5.11. The highest BCUT2D eigenvalue weighted by Gasteiger charge is 2.14. The van der Waals surface area contributed by atoms with Crippen molar-refractivity contribution in [3.8, 4) is 10.6 Å². The molecule has 26 heavy (non-hydrogen) atoms. The van der Waals surface area contributed by atoms with Crippen LogP contribution in [0, 0.1) is 6.92 Å². The van der Waals surface area contributed by atoms with Crippen molar-refractivity contribution in [1.29, 1.82) is 0 Å². The maximum Gasteiger partial charge on any atom is 0.227 e. The van der Waals surface area contributed by atoms with E-state index >= 15 is 0 Å². The summed E-state index contributed by atoms with van der Waals surface area (Å²) in [4.78, 5) is 25.8. The number of rotatable bonds is 5. The fourth-order valence-corrected chi connectivity index (χ4v) is 3.49. The van der Waals surface area contributed by atoms with Crippen molar-refractivity contribution in [3.05, 3.63) is 47.2 Å². The van der Waals surface area contributed by atoms with Crippen LogP contribution in [-0.4, -0.2) is 20.9 Å². The van der Waals surface area contributed by atoms with Gasteiger partial charge in [-0.3, -0.25) is 4.79 Å². The topological polar surface area (TPSA) is 79.8 Å². The molecule has 0 saturated carbocycles. The van der Waals surface area contributed by atoms with E-state index in [9.17, 15) is 4.79 Å². The van der Waals surface area contributed by atoms with E-state index in [1.807, 2.05) is 37.3 Å². The van der Waals surface area contributed by atoms with Crippen LogP contribution < -0.4 is 10.6 Å². The van der Waals surface area contributed by atoms with Gasteiger partial charge in [0.05, 0.1) is 21.3 Å². The number of thiazole rings is 1. The predicted octanol–water partition coefficient (Wildman–Crippen LogP) is 4.73. The second-order valence-electron chi connectivity index (χ2n) is 6.27. The molecule has 3 aromatic rings. The maximum absolute atomic E-state index is 11.2. The molecule has 0 atom stereocenters. The molecule has 0 aliphatic carbocycles. The SMILES string of the molecule is CC(=O)Nc1cccc(Nc2nccc(-c3sc(C(C)C)nc3C)n2)c1. The molecular formula is C19H21N5OS. The number of hydrogen-bond donors (Lipinski definition) is 2. The van der Waals surface area contributed by atoms with Crippen LogP contribution in [0.15, 0.2) is 36.5 Å². The Hall–Kier alpha value is -2.80. The largest absolute Gasteiger partial charge is 0.326 e. The molecule has 0 aliphatic rings. The summed E-state index contributed by atoms with van der Waals surface area (Å²) in [5.41, 5.74) is 3.36. The maximum atomic E-state index is 11.2. The molecule has 0 spiro atoms. The van der Waals surface area contributed by atoms with Gasteiger partial charge < -0.3 is 10.6 Å². The first-order valence-electron chi connectivity index (χ1n) is 8.38. The Kier molecular flexibility index (Phi) is 5.27. The number of nitrogens with zero attached hydrogens (tertiary/aromatic N) is 3.